The molecule has 0 spiro atoms. The average Bonchev–Trinajstić information content (AvgIpc) is 2.89. The summed E-state index contributed by atoms with van der Waals surface area (Å²) in [5, 5.41) is 8.08. The molecule has 0 bridgehead atoms. The third kappa shape index (κ3) is 11.8. The molecule has 0 unspecified atom stereocenters. The van der Waals surface area contributed by atoms with Crippen molar-refractivity contribution in [2.45, 2.75) is 71.2 Å². The quantitative estimate of drug-likeness (QED) is 0.239. The molecule has 0 aliphatic carbocycles. The number of urea groups is 1. The van der Waals surface area contributed by atoms with Gasteiger partial charge in [-0.05, 0) is 24.5 Å². The Morgan fingerprint density at radius 3 is 2.06 bits per heavy atom. The van der Waals surface area contributed by atoms with Crippen molar-refractivity contribution in [1.29, 1.82) is 0 Å². The number of unbranched alkanes of at least 4 members (excludes halogenated alkanes) is 4. The number of esters is 1. The zero-order valence-corrected chi connectivity index (χ0v) is 21.3. The fourth-order valence-electron chi connectivity index (χ4n) is 3.42. The second-order valence-electron chi connectivity index (χ2n) is 8.69. The minimum absolute atomic E-state index is 0.0452. The van der Waals surface area contributed by atoms with Gasteiger partial charge in [0.15, 0.2) is 0 Å². The van der Waals surface area contributed by atoms with Gasteiger partial charge in [-0.25, -0.2) is 9.59 Å². The van der Waals surface area contributed by atoms with Crippen molar-refractivity contribution in [2.75, 3.05) is 13.2 Å². The van der Waals surface area contributed by atoms with Crippen LogP contribution in [0.5, 0.6) is 0 Å². The van der Waals surface area contributed by atoms with Crippen LogP contribution in [0, 0.1) is 0 Å². The molecule has 0 heterocycles. The van der Waals surface area contributed by atoms with Crippen molar-refractivity contribution in [2.24, 2.45) is 0 Å². The summed E-state index contributed by atoms with van der Waals surface area (Å²) in [4.78, 5) is 37.7. The number of carbonyl (C=O) groups is 3. The van der Waals surface area contributed by atoms with Crippen LogP contribution in [0.3, 0.4) is 0 Å². The average molecular weight is 498 g/mol. The van der Waals surface area contributed by atoms with Crippen LogP contribution in [0.25, 0.3) is 0 Å². The number of benzene rings is 2. The van der Waals surface area contributed by atoms with Gasteiger partial charge in [0.05, 0.1) is 13.2 Å². The Bertz CT molecular complexity index is 908. The molecule has 2 aromatic carbocycles. The summed E-state index contributed by atoms with van der Waals surface area (Å²) in [5.41, 5.74) is 1.80. The smallest absolute Gasteiger partial charge is 0.328 e. The van der Waals surface area contributed by atoms with Crippen molar-refractivity contribution in [3.63, 3.8) is 0 Å². The van der Waals surface area contributed by atoms with Crippen LogP contribution in [-0.4, -0.2) is 43.1 Å². The van der Waals surface area contributed by atoms with Gasteiger partial charge in [-0.15, -0.1) is 0 Å². The van der Waals surface area contributed by atoms with Crippen LogP contribution < -0.4 is 16.0 Å². The maximum absolute atomic E-state index is 12.9. The third-order valence-corrected chi connectivity index (χ3v) is 5.52. The van der Waals surface area contributed by atoms with E-state index in [4.69, 9.17) is 9.47 Å². The molecule has 0 aliphatic heterocycles. The number of hydrogen-bond acceptors (Lipinski definition) is 5. The first kappa shape index (κ1) is 28.8. The zero-order chi connectivity index (χ0) is 26.0. The summed E-state index contributed by atoms with van der Waals surface area (Å²) in [5.74, 6) is -1.09. The van der Waals surface area contributed by atoms with Crippen molar-refractivity contribution in [3.05, 3.63) is 71.8 Å². The summed E-state index contributed by atoms with van der Waals surface area (Å²) in [7, 11) is 0. The summed E-state index contributed by atoms with van der Waals surface area (Å²) < 4.78 is 11.0. The van der Waals surface area contributed by atoms with Crippen LogP contribution in [-0.2, 0) is 32.3 Å². The predicted octanol–water partition coefficient (Wildman–Crippen LogP) is 4.09. The fourth-order valence-corrected chi connectivity index (χ4v) is 3.42. The molecular weight excluding hydrogens is 458 g/mol. The lowest BCUT2D eigenvalue weighted by atomic mass is 10.1. The van der Waals surface area contributed by atoms with E-state index in [0.717, 1.165) is 36.8 Å². The Labute approximate surface area is 214 Å². The van der Waals surface area contributed by atoms with Gasteiger partial charge in [-0.1, -0.05) is 93.3 Å². The molecular formula is C28H39N3O5. The molecule has 2 atom stereocenters. The van der Waals surface area contributed by atoms with E-state index >= 15 is 0 Å². The van der Waals surface area contributed by atoms with E-state index in [-0.39, 0.29) is 13.2 Å². The lowest BCUT2D eigenvalue weighted by Crippen LogP contribution is -2.55. The second-order valence-corrected chi connectivity index (χ2v) is 8.69. The van der Waals surface area contributed by atoms with E-state index in [1.165, 1.54) is 6.42 Å². The second kappa shape index (κ2) is 17.1. The third-order valence-electron chi connectivity index (χ3n) is 5.52. The number of ether oxygens (including phenoxy) is 2. The normalized spacial score (nSPS) is 12.3. The summed E-state index contributed by atoms with van der Waals surface area (Å²) >= 11 is 0. The first-order valence-electron chi connectivity index (χ1n) is 12.7. The highest BCUT2D eigenvalue weighted by molar-refractivity contribution is 5.90. The van der Waals surface area contributed by atoms with Gasteiger partial charge in [0.25, 0.3) is 0 Å². The highest BCUT2D eigenvalue weighted by Crippen LogP contribution is 2.04. The molecule has 2 rings (SSSR count). The van der Waals surface area contributed by atoms with Crippen LogP contribution in [0.2, 0.25) is 0 Å². The molecule has 3 amide bonds. The molecule has 3 N–H and O–H groups in total. The van der Waals surface area contributed by atoms with Gasteiger partial charge in [0.1, 0.15) is 18.7 Å². The van der Waals surface area contributed by atoms with Gasteiger partial charge in [-0.3, -0.25) is 4.79 Å². The Morgan fingerprint density at radius 2 is 1.42 bits per heavy atom. The lowest BCUT2D eigenvalue weighted by Gasteiger charge is -2.21. The Kier molecular flexibility index (Phi) is 13.7. The number of amides is 3. The molecule has 8 heteroatoms. The zero-order valence-electron chi connectivity index (χ0n) is 21.3. The fraction of sp³-hybridized carbons (Fsp3) is 0.464. The maximum Gasteiger partial charge on any atom is 0.328 e. The lowest BCUT2D eigenvalue weighted by molar-refractivity contribution is -0.148. The highest BCUT2D eigenvalue weighted by atomic mass is 16.5. The monoisotopic (exact) mass is 497 g/mol. The summed E-state index contributed by atoms with van der Waals surface area (Å²) in [6.07, 6.45) is 5.39. The van der Waals surface area contributed by atoms with Crippen molar-refractivity contribution >= 4 is 17.9 Å². The summed E-state index contributed by atoms with van der Waals surface area (Å²) in [6.45, 7) is 4.58. The van der Waals surface area contributed by atoms with Gasteiger partial charge >= 0.3 is 12.0 Å². The molecule has 0 radical (unpaired) electrons. The molecule has 0 aliphatic rings. The Hall–Kier alpha value is -3.39. The van der Waals surface area contributed by atoms with Gasteiger partial charge in [0, 0.05) is 6.54 Å². The summed E-state index contributed by atoms with van der Waals surface area (Å²) in [6, 6.07) is 16.5. The van der Waals surface area contributed by atoms with Crippen molar-refractivity contribution < 1.29 is 23.9 Å². The molecule has 0 saturated heterocycles. The minimum atomic E-state index is -0.974. The van der Waals surface area contributed by atoms with Crippen LogP contribution in [0.15, 0.2) is 60.7 Å². The molecule has 2 aromatic rings. The maximum atomic E-state index is 12.9. The van der Waals surface area contributed by atoms with E-state index in [1.54, 1.807) is 6.92 Å². The largest absolute Gasteiger partial charge is 0.459 e. The van der Waals surface area contributed by atoms with Crippen molar-refractivity contribution in [3.8, 4) is 0 Å². The van der Waals surface area contributed by atoms with E-state index in [1.807, 2.05) is 60.7 Å². The molecule has 0 saturated carbocycles. The highest BCUT2D eigenvalue weighted by Gasteiger charge is 2.25. The van der Waals surface area contributed by atoms with Gasteiger partial charge in [-0.2, -0.15) is 0 Å². The molecule has 36 heavy (non-hydrogen) atoms. The predicted molar refractivity (Wildman–Crippen MR) is 139 cm³/mol. The topological polar surface area (TPSA) is 106 Å². The molecule has 196 valence electrons. The van der Waals surface area contributed by atoms with E-state index in [0.29, 0.717) is 13.2 Å². The van der Waals surface area contributed by atoms with Crippen LogP contribution >= 0.6 is 0 Å². The van der Waals surface area contributed by atoms with E-state index < -0.39 is 30.0 Å². The van der Waals surface area contributed by atoms with Gasteiger partial charge < -0.3 is 25.4 Å². The molecule has 0 fully saturated rings. The van der Waals surface area contributed by atoms with Crippen molar-refractivity contribution in [1.82, 2.24) is 16.0 Å². The van der Waals surface area contributed by atoms with Crippen LogP contribution in [0.4, 0.5) is 4.79 Å². The minimum Gasteiger partial charge on any atom is -0.459 e. The number of rotatable bonds is 16. The number of carbonyl (C=O) groups excluding carboxylic acids is 3. The first-order valence-corrected chi connectivity index (χ1v) is 12.7. The SMILES string of the molecule is CCCCCCCNC(=O)N[C@@H](COCc1ccccc1)C(=O)N[C@@H](C)C(=O)OCc1ccccc1. The van der Waals surface area contributed by atoms with Gasteiger partial charge in [0.2, 0.25) is 5.91 Å². The number of nitrogens with one attached hydrogen (secondary N) is 3. The molecule has 0 aromatic heterocycles. The van der Waals surface area contributed by atoms with E-state index in [9.17, 15) is 14.4 Å². The Balaban J connectivity index is 1.86. The Morgan fingerprint density at radius 1 is 0.806 bits per heavy atom. The number of hydrogen-bond donors (Lipinski definition) is 3. The molecule has 8 nitrogen and oxygen atoms in total. The van der Waals surface area contributed by atoms with Crippen LogP contribution in [0.1, 0.15) is 57.1 Å². The standard InChI is InChI=1S/C28H39N3O5/c1-3-4-5-6-13-18-29-28(34)31-25(21-35-19-23-14-9-7-10-15-23)26(32)30-22(2)27(33)36-20-24-16-11-8-12-17-24/h7-12,14-17,22,25H,3-6,13,18-21H2,1-2H3,(H,30,32)(H2,29,31,34)/t22-,25-/m0/s1. The first-order chi connectivity index (χ1) is 17.5. The van der Waals surface area contributed by atoms with E-state index in [2.05, 4.69) is 22.9 Å².